The highest BCUT2D eigenvalue weighted by atomic mass is 127. The quantitative estimate of drug-likeness (QED) is 0.152. The molecule has 1 amide bonds. The van der Waals surface area contributed by atoms with Crippen molar-refractivity contribution in [1.82, 2.24) is 19.9 Å². The zero-order valence-corrected chi connectivity index (χ0v) is 25.5. The number of aliphatic carboxylic acids is 1. The van der Waals surface area contributed by atoms with E-state index in [2.05, 4.69) is 60.5 Å². The number of halogens is 3. The third kappa shape index (κ3) is 8.01. The van der Waals surface area contributed by atoms with Crippen LogP contribution >= 0.6 is 56.8 Å². The fourth-order valence-corrected chi connectivity index (χ4v) is 3.70. The van der Waals surface area contributed by atoms with Gasteiger partial charge in [-0.15, -0.1) is 0 Å². The van der Waals surface area contributed by atoms with Crippen molar-refractivity contribution in [3.05, 3.63) is 40.4 Å². The molecule has 2 heterocycles. The van der Waals surface area contributed by atoms with Gasteiger partial charge in [0.2, 0.25) is 0 Å². The van der Waals surface area contributed by atoms with E-state index in [0.717, 1.165) is 11.0 Å². The molecule has 0 unspecified atom stereocenters. The molecule has 0 radical (unpaired) electrons. The van der Waals surface area contributed by atoms with Crippen LogP contribution in [0.15, 0.2) is 18.2 Å². The van der Waals surface area contributed by atoms with Crippen molar-refractivity contribution in [3.63, 3.8) is 0 Å². The number of amides is 1. The van der Waals surface area contributed by atoms with Crippen molar-refractivity contribution >= 4 is 91.3 Å². The summed E-state index contributed by atoms with van der Waals surface area (Å²) in [6.07, 6.45) is -0.881. The average molecular weight is 746 g/mol. The third-order valence-electron chi connectivity index (χ3n) is 4.88. The normalized spacial score (nSPS) is 11.1. The summed E-state index contributed by atoms with van der Waals surface area (Å²) in [6, 6.07) is 5.25. The molecule has 1 aromatic carbocycles. The molecule has 0 saturated carbocycles. The Morgan fingerprint density at radius 2 is 1.86 bits per heavy atom. The molecular weight excluding hydrogens is 716 g/mol. The summed E-state index contributed by atoms with van der Waals surface area (Å²) >= 11 is 10.2. The molecule has 0 fully saturated rings. The van der Waals surface area contributed by atoms with Crippen LogP contribution in [0, 0.1) is 0 Å². The maximum absolute atomic E-state index is 12.7. The highest BCUT2D eigenvalue weighted by Crippen LogP contribution is 2.19. The van der Waals surface area contributed by atoms with E-state index in [1.165, 1.54) is 0 Å². The lowest BCUT2D eigenvalue weighted by atomic mass is 10.1. The van der Waals surface area contributed by atoms with Gasteiger partial charge in [0.1, 0.15) is 13.1 Å². The molecule has 11 nitrogen and oxygen atoms in total. The van der Waals surface area contributed by atoms with Gasteiger partial charge in [0, 0.05) is 12.4 Å². The number of anilines is 2. The summed E-state index contributed by atoms with van der Waals surface area (Å²) in [6.45, 7) is 4.46. The van der Waals surface area contributed by atoms with Crippen molar-refractivity contribution in [2.75, 3.05) is 21.3 Å². The first-order chi connectivity index (χ1) is 17.1. The Balaban J connectivity index is 0.00000154. The number of carbonyl (C=O) groups is 2. The van der Waals surface area contributed by atoms with Gasteiger partial charge in [-0.1, -0.05) is 62.8 Å². The van der Waals surface area contributed by atoms with Crippen molar-refractivity contribution in [2.45, 2.75) is 46.0 Å². The SMILES string of the molecule is CCn1c(CNC(=O)c2nc(Cl)c(N)nc2N)[n+](C[C@H](C)O)c2ccc(CC(=O)[O-])cc21.CI.CI. The lowest BCUT2D eigenvalue weighted by Gasteiger charge is -2.09. The second-order valence-corrected chi connectivity index (χ2v) is 7.67. The first-order valence-corrected chi connectivity index (χ1v) is 15.4. The zero-order chi connectivity index (χ0) is 27.6. The second kappa shape index (κ2) is 15.3. The summed E-state index contributed by atoms with van der Waals surface area (Å²) in [7, 11) is 0. The Bertz CT molecular complexity index is 1210. The number of aliphatic hydroxyl groups is 1. The predicted molar refractivity (Wildman–Crippen MR) is 155 cm³/mol. The maximum atomic E-state index is 12.7. The summed E-state index contributed by atoms with van der Waals surface area (Å²) < 4.78 is 3.80. The van der Waals surface area contributed by atoms with Gasteiger partial charge in [0.15, 0.2) is 33.5 Å². The molecule has 3 aromatic rings. The number of carbonyl (C=O) groups excluding carboxylic acids is 2. The third-order valence-corrected chi connectivity index (χ3v) is 5.16. The minimum Gasteiger partial charge on any atom is -0.550 e. The number of aromatic nitrogens is 4. The van der Waals surface area contributed by atoms with Crippen LogP contribution in [0.5, 0.6) is 0 Å². The number of aryl methyl sites for hydroxylation is 1. The minimum atomic E-state index is -1.18. The molecule has 14 heteroatoms. The van der Waals surface area contributed by atoms with E-state index in [4.69, 9.17) is 23.1 Å². The number of nitrogens with two attached hydrogens (primary N) is 2. The smallest absolute Gasteiger partial charge is 0.277 e. The number of nitrogens with zero attached hydrogens (tertiary/aromatic N) is 4. The van der Waals surface area contributed by atoms with Crippen LogP contribution in [-0.4, -0.2) is 47.5 Å². The van der Waals surface area contributed by atoms with E-state index in [0.29, 0.717) is 17.9 Å². The molecule has 198 valence electrons. The Kier molecular flexibility index (Phi) is 13.6. The monoisotopic (exact) mass is 745 g/mol. The van der Waals surface area contributed by atoms with E-state index in [1.807, 2.05) is 25.9 Å². The summed E-state index contributed by atoms with van der Waals surface area (Å²) in [5.74, 6) is -1.30. The molecule has 0 aliphatic heterocycles. The molecule has 0 aliphatic rings. The van der Waals surface area contributed by atoms with Crippen molar-refractivity contribution in [1.29, 1.82) is 0 Å². The molecule has 0 spiro atoms. The van der Waals surface area contributed by atoms with Gasteiger partial charge in [-0.2, -0.15) is 0 Å². The average Bonchev–Trinajstić information content (AvgIpc) is 3.13. The van der Waals surface area contributed by atoms with Crippen LogP contribution in [0.1, 0.15) is 35.7 Å². The van der Waals surface area contributed by atoms with Crippen LogP contribution in [-0.2, 0) is 30.8 Å². The fourth-order valence-electron chi connectivity index (χ4n) is 3.58. The topological polar surface area (TPSA) is 176 Å². The number of rotatable bonds is 8. The molecule has 36 heavy (non-hydrogen) atoms. The number of fused-ring (bicyclic) bond motifs is 1. The van der Waals surface area contributed by atoms with Gasteiger partial charge in [-0.05, 0) is 41.4 Å². The summed E-state index contributed by atoms with van der Waals surface area (Å²) in [4.78, 5) is 35.4. The van der Waals surface area contributed by atoms with Crippen LogP contribution in [0.25, 0.3) is 11.0 Å². The van der Waals surface area contributed by atoms with Crippen LogP contribution in [0.3, 0.4) is 0 Å². The number of nitrogen functional groups attached to an aromatic ring is 2. The van der Waals surface area contributed by atoms with E-state index in [1.54, 1.807) is 25.1 Å². The van der Waals surface area contributed by atoms with Gasteiger partial charge in [0.25, 0.3) is 11.7 Å². The number of imidazole rings is 1. The maximum Gasteiger partial charge on any atom is 0.277 e. The Labute approximate surface area is 241 Å². The lowest BCUT2D eigenvalue weighted by molar-refractivity contribution is -0.686. The second-order valence-electron chi connectivity index (χ2n) is 7.31. The van der Waals surface area contributed by atoms with Gasteiger partial charge in [0.05, 0.1) is 12.6 Å². The van der Waals surface area contributed by atoms with E-state index >= 15 is 0 Å². The number of alkyl halides is 2. The molecule has 0 aliphatic carbocycles. The van der Waals surface area contributed by atoms with Crippen molar-refractivity contribution in [2.24, 2.45) is 0 Å². The molecule has 3 rings (SSSR count). The molecule has 6 N–H and O–H groups in total. The lowest BCUT2D eigenvalue weighted by Crippen LogP contribution is -2.44. The van der Waals surface area contributed by atoms with E-state index < -0.39 is 18.0 Å². The molecular formula is C22H30ClI2N7O4. The highest BCUT2D eigenvalue weighted by molar-refractivity contribution is 14.1. The fraction of sp³-hybridized carbons (Fsp3) is 0.409. The number of hydrogen-bond donors (Lipinski definition) is 4. The Morgan fingerprint density at radius 1 is 1.22 bits per heavy atom. The van der Waals surface area contributed by atoms with E-state index in [9.17, 15) is 19.8 Å². The first-order valence-electron chi connectivity index (χ1n) is 10.7. The number of nitrogens with one attached hydrogen (secondary N) is 1. The van der Waals surface area contributed by atoms with Crippen LogP contribution in [0.2, 0.25) is 5.15 Å². The summed E-state index contributed by atoms with van der Waals surface area (Å²) in [5.41, 5.74) is 13.3. The van der Waals surface area contributed by atoms with Gasteiger partial charge >= 0.3 is 0 Å². The number of aliphatic hydroxyl groups excluding tert-OH is 1. The Morgan fingerprint density at radius 3 is 2.42 bits per heavy atom. The van der Waals surface area contributed by atoms with Crippen LogP contribution in [0.4, 0.5) is 11.6 Å². The van der Waals surface area contributed by atoms with Crippen molar-refractivity contribution in [3.8, 4) is 0 Å². The van der Waals surface area contributed by atoms with Gasteiger partial charge in [-0.3, -0.25) is 4.79 Å². The molecule has 2 aromatic heterocycles. The Hall–Kier alpha value is -1.98. The summed E-state index contributed by atoms with van der Waals surface area (Å²) in [5, 5.41) is 23.7. The predicted octanol–water partition coefficient (Wildman–Crippen LogP) is 1.26. The minimum absolute atomic E-state index is 0.0750. The highest BCUT2D eigenvalue weighted by Gasteiger charge is 2.26. The van der Waals surface area contributed by atoms with Gasteiger partial charge in [-0.25, -0.2) is 19.1 Å². The number of benzene rings is 1. The molecule has 0 saturated heterocycles. The largest absolute Gasteiger partial charge is 0.550 e. The van der Waals surface area contributed by atoms with E-state index in [-0.39, 0.29) is 42.0 Å². The zero-order valence-electron chi connectivity index (χ0n) is 20.4. The number of carboxylic acids is 1. The molecule has 0 bridgehead atoms. The van der Waals surface area contributed by atoms with Crippen LogP contribution < -0.4 is 26.5 Å². The number of hydrogen-bond acceptors (Lipinski definition) is 8. The van der Waals surface area contributed by atoms with Crippen molar-refractivity contribution < 1.29 is 24.4 Å². The number of carboxylic acid groups (broad SMARTS) is 1. The first kappa shape index (κ1) is 32.0. The molecule has 1 atom stereocenters. The standard InChI is InChI=1S/C20H24ClN7O4.2CH3I/c1-3-27-13-6-11(7-15(30)31)4-5-12(13)28(9-10(2)29)14(27)8-24-20(32)16-18(22)26-19(23)17(21)25-16;2*1-2/h4-6,10,29H,3,7-9H2,1-2H3,(H5-,22,23,24,26,30,31,32);2*1H3/t10-;;/m0../s1. The van der Waals surface area contributed by atoms with Gasteiger partial charge < -0.3 is 31.8 Å².